The first-order valence-corrected chi connectivity index (χ1v) is 8.50. The van der Waals surface area contributed by atoms with E-state index in [2.05, 4.69) is 15.3 Å². The van der Waals surface area contributed by atoms with Crippen LogP contribution in [0.5, 0.6) is 0 Å². The van der Waals surface area contributed by atoms with Crippen LogP contribution in [0.15, 0.2) is 22.8 Å². The van der Waals surface area contributed by atoms with Gasteiger partial charge in [-0.05, 0) is 11.4 Å². The maximum absolute atomic E-state index is 12.1. The number of hydrogen-bond donors (Lipinski definition) is 1. The molecule has 3 heterocycles. The highest BCUT2D eigenvalue weighted by Crippen LogP contribution is 2.27. The van der Waals surface area contributed by atoms with Crippen LogP contribution in [0.3, 0.4) is 0 Å². The van der Waals surface area contributed by atoms with Crippen LogP contribution in [-0.4, -0.2) is 52.7 Å². The number of thiophene rings is 1. The minimum absolute atomic E-state index is 0.245. The first-order chi connectivity index (χ1) is 9.84. The smallest absolute Gasteiger partial charge is 0.223 e. The predicted octanol–water partition coefficient (Wildman–Crippen LogP) is 1.61. The van der Waals surface area contributed by atoms with Gasteiger partial charge < -0.3 is 10.2 Å². The van der Waals surface area contributed by atoms with Crippen molar-refractivity contribution in [2.75, 3.05) is 31.9 Å². The summed E-state index contributed by atoms with van der Waals surface area (Å²) in [6.45, 7) is 3.46. The van der Waals surface area contributed by atoms with Gasteiger partial charge in [0.15, 0.2) is 0 Å². The van der Waals surface area contributed by atoms with Gasteiger partial charge in [0.05, 0.1) is 0 Å². The highest BCUT2D eigenvalue weighted by molar-refractivity contribution is 7.99. The van der Waals surface area contributed by atoms with E-state index in [0.717, 1.165) is 47.2 Å². The molecule has 3 rings (SSSR count). The molecular formula is C13H16N4OS2. The molecular weight excluding hydrogens is 292 g/mol. The summed E-state index contributed by atoms with van der Waals surface area (Å²) in [4.78, 5) is 23.6. The fourth-order valence-corrected chi connectivity index (χ4v) is 3.90. The van der Waals surface area contributed by atoms with E-state index in [1.54, 1.807) is 29.4 Å². The second-order valence-corrected chi connectivity index (χ2v) is 6.53. The Hall–Kier alpha value is -1.18. The van der Waals surface area contributed by atoms with Crippen molar-refractivity contribution in [1.82, 2.24) is 20.2 Å². The molecule has 0 spiro atoms. The third kappa shape index (κ3) is 3.11. The minimum atomic E-state index is 0.245. The summed E-state index contributed by atoms with van der Waals surface area (Å²) in [5.41, 5.74) is 0. The molecule has 0 aliphatic carbocycles. The Bertz CT molecular complexity index is 595. The molecule has 1 aliphatic heterocycles. The molecule has 1 N–H and O–H groups in total. The monoisotopic (exact) mass is 308 g/mol. The molecule has 7 heteroatoms. The van der Waals surface area contributed by atoms with E-state index in [0.29, 0.717) is 6.42 Å². The van der Waals surface area contributed by atoms with Crippen LogP contribution in [0.2, 0.25) is 0 Å². The third-order valence-electron chi connectivity index (χ3n) is 3.25. The zero-order chi connectivity index (χ0) is 13.8. The molecule has 1 fully saturated rings. The molecule has 2 aromatic heterocycles. The van der Waals surface area contributed by atoms with E-state index in [9.17, 15) is 4.79 Å². The average molecular weight is 308 g/mol. The van der Waals surface area contributed by atoms with Crippen LogP contribution in [0.4, 0.5) is 0 Å². The SMILES string of the molecule is O=C(CCSc1ncnc2sccc12)N1CCNCC1. The number of carbonyl (C=O) groups is 1. The van der Waals surface area contributed by atoms with Gasteiger partial charge in [-0.1, -0.05) is 0 Å². The number of fused-ring (bicyclic) bond motifs is 1. The molecule has 1 saturated heterocycles. The molecule has 1 aliphatic rings. The van der Waals surface area contributed by atoms with Gasteiger partial charge in [-0.25, -0.2) is 9.97 Å². The Morgan fingerprint density at radius 1 is 1.40 bits per heavy atom. The lowest BCUT2D eigenvalue weighted by atomic mass is 10.3. The van der Waals surface area contributed by atoms with Crippen molar-refractivity contribution < 1.29 is 4.79 Å². The highest BCUT2D eigenvalue weighted by atomic mass is 32.2. The Balaban J connectivity index is 1.54. The summed E-state index contributed by atoms with van der Waals surface area (Å²) < 4.78 is 0. The van der Waals surface area contributed by atoms with Gasteiger partial charge in [0.25, 0.3) is 0 Å². The summed E-state index contributed by atoms with van der Waals surface area (Å²) >= 11 is 3.26. The summed E-state index contributed by atoms with van der Waals surface area (Å²) in [6, 6.07) is 2.04. The maximum Gasteiger partial charge on any atom is 0.223 e. The molecule has 0 aromatic carbocycles. The van der Waals surface area contributed by atoms with Crippen LogP contribution in [0, 0.1) is 0 Å². The van der Waals surface area contributed by atoms with Gasteiger partial charge in [-0.2, -0.15) is 0 Å². The molecule has 1 amide bonds. The highest BCUT2D eigenvalue weighted by Gasteiger charge is 2.16. The van der Waals surface area contributed by atoms with Gasteiger partial charge in [-0.15, -0.1) is 23.1 Å². The van der Waals surface area contributed by atoms with Gasteiger partial charge in [0.1, 0.15) is 16.2 Å². The Morgan fingerprint density at radius 3 is 3.10 bits per heavy atom. The van der Waals surface area contributed by atoms with Crippen LogP contribution in [0.1, 0.15) is 6.42 Å². The molecule has 5 nitrogen and oxygen atoms in total. The van der Waals surface area contributed by atoms with E-state index in [1.165, 1.54) is 0 Å². The first-order valence-electron chi connectivity index (χ1n) is 6.64. The van der Waals surface area contributed by atoms with Gasteiger partial charge in [-0.3, -0.25) is 4.79 Å². The molecule has 2 aromatic rings. The lowest BCUT2D eigenvalue weighted by Gasteiger charge is -2.27. The van der Waals surface area contributed by atoms with E-state index in [4.69, 9.17) is 0 Å². The van der Waals surface area contributed by atoms with Crippen LogP contribution in [0.25, 0.3) is 10.2 Å². The van der Waals surface area contributed by atoms with Crippen molar-refractivity contribution in [1.29, 1.82) is 0 Å². The lowest BCUT2D eigenvalue weighted by Crippen LogP contribution is -2.46. The van der Waals surface area contributed by atoms with Gasteiger partial charge in [0, 0.05) is 43.7 Å². The topological polar surface area (TPSA) is 58.1 Å². The third-order valence-corrected chi connectivity index (χ3v) is 5.08. The van der Waals surface area contributed by atoms with Crippen molar-refractivity contribution in [2.24, 2.45) is 0 Å². The van der Waals surface area contributed by atoms with Crippen molar-refractivity contribution >= 4 is 39.2 Å². The largest absolute Gasteiger partial charge is 0.340 e. The number of hydrogen-bond acceptors (Lipinski definition) is 6. The normalized spacial score (nSPS) is 15.7. The van der Waals surface area contributed by atoms with Crippen molar-refractivity contribution in [3.8, 4) is 0 Å². The summed E-state index contributed by atoms with van der Waals surface area (Å²) in [5.74, 6) is 1.01. The number of rotatable bonds is 4. The standard InChI is InChI=1S/C13H16N4OS2/c18-11(17-5-3-14-4-6-17)2-8-20-13-10-1-7-19-12(10)15-9-16-13/h1,7,9,14H,2-6,8H2. The van der Waals surface area contributed by atoms with E-state index >= 15 is 0 Å². The molecule has 0 bridgehead atoms. The number of aromatic nitrogens is 2. The number of amides is 1. The van der Waals surface area contributed by atoms with Crippen molar-refractivity contribution in [3.63, 3.8) is 0 Å². The van der Waals surface area contributed by atoms with E-state index < -0.39 is 0 Å². The number of nitrogens with one attached hydrogen (secondary N) is 1. The zero-order valence-corrected chi connectivity index (χ0v) is 12.7. The molecule has 106 valence electrons. The fraction of sp³-hybridized carbons (Fsp3) is 0.462. The summed E-state index contributed by atoms with van der Waals surface area (Å²) in [5, 5.41) is 7.35. The lowest BCUT2D eigenvalue weighted by molar-refractivity contribution is -0.131. The van der Waals surface area contributed by atoms with Gasteiger partial charge in [0.2, 0.25) is 5.91 Å². The molecule has 20 heavy (non-hydrogen) atoms. The number of carbonyl (C=O) groups excluding carboxylic acids is 1. The first kappa shape index (κ1) is 13.8. The fourth-order valence-electron chi connectivity index (χ4n) is 2.19. The van der Waals surface area contributed by atoms with Gasteiger partial charge >= 0.3 is 0 Å². The van der Waals surface area contributed by atoms with Crippen LogP contribution in [-0.2, 0) is 4.79 Å². The summed E-state index contributed by atoms with van der Waals surface area (Å²) in [6.07, 6.45) is 2.17. The second-order valence-electron chi connectivity index (χ2n) is 4.55. The molecule has 0 unspecified atom stereocenters. The van der Waals surface area contributed by atoms with Crippen LogP contribution < -0.4 is 5.32 Å². The number of thioether (sulfide) groups is 1. The number of nitrogens with zero attached hydrogens (tertiary/aromatic N) is 3. The quantitative estimate of drug-likeness (QED) is 0.687. The predicted molar refractivity (Wildman–Crippen MR) is 82.2 cm³/mol. The Labute approximate surface area is 125 Å². The maximum atomic E-state index is 12.1. The zero-order valence-electron chi connectivity index (χ0n) is 11.0. The Morgan fingerprint density at radius 2 is 2.25 bits per heavy atom. The molecule has 0 atom stereocenters. The average Bonchev–Trinajstić information content (AvgIpc) is 2.97. The van der Waals surface area contributed by atoms with Crippen LogP contribution >= 0.6 is 23.1 Å². The van der Waals surface area contributed by atoms with E-state index in [1.807, 2.05) is 16.3 Å². The number of piperazine rings is 1. The second kappa shape index (κ2) is 6.51. The minimum Gasteiger partial charge on any atom is -0.340 e. The molecule has 0 radical (unpaired) electrons. The Kier molecular flexibility index (Phi) is 4.49. The van der Waals surface area contributed by atoms with E-state index in [-0.39, 0.29) is 5.91 Å². The summed E-state index contributed by atoms with van der Waals surface area (Å²) in [7, 11) is 0. The van der Waals surface area contributed by atoms with Crippen molar-refractivity contribution in [3.05, 3.63) is 17.8 Å². The van der Waals surface area contributed by atoms with Crippen molar-refractivity contribution in [2.45, 2.75) is 11.4 Å². The molecule has 0 saturated carbocycles.